The van der Waals surface area contributed by atoms with E-state index in [-0.39, 0.29) is 12.1 Å². The van der Waals surface area contributed by atoms with Crippen LogP contribution in [0.3, 0.4) is 0 Å². The summed E-state index contributed by atoms with van der Waals surface area (Å²) < 4.78 is 0. The quantitative estimate of drug-likeness (QED) is 0.841. The largest absolute Gasteiger partial charge is 0.370 e. The van der Waals surface area contributed by atoms with Gasteiger partial charge in [-0.1, -0.05) is 42.5 Å². The number of carbonyl (C=O) groups excluding carboxylic acids is 1. The van der Waals surface area contributed by atoms with E-state index in [0.717, 1.165) is 24.5 Å². The number of para-hydroxylation sites is 2. The van der Waals surface area contributed by atoms with Gasteiger partial charge >= 0.3 is 6.03 Å². The van der Waals surface area contributed by atoms with E-state index < -0.39 is 0 Å². The molecule has 2 aliphatic rings. The first-order chi connectivity index (χ1) is 12.3. The van der Waals surface area contributed by atoms with Crippen LogP contribution in [0, 0.1) is 5.92 Å². The lowest BCUT2D eigenvalue weighted by molar-refractivity contribution is 0.247. The van der Waals surface area contributed by atoms with Crippen LogP contribution in [0.2, 0.25) is 0 Å². The zero-order valence-corrected chi connectivity index (χ0v) is 14.4. The Morgan fingerprint density at radius 2 is 1.64 bits per heavy atom. The molecule has 1 aliphatic carbocycles. The summed E-state index contributed by atoms with van der Waals surface area (Å²) in [6.45, 7) is 2.13. The monoisotopic (exact) mass is 335 g/mol. The lowest BCUT2D eigenvalue weighted by atomic mass is 10.0. The second-order valence-corrected chi connectivity index (χ2v) is 7.04. The lowest BCUT2D eigenvalue weighted by Crippen LogP contribution is -2.34. The molecule has 4 nitrogen and oxygen atoms in total. The van der Waals surface area contributed by atoms with Crippen molar-refractivity contribution < 1.29 is 4.79 Å². The molecule has 0 spiro atoms. The smallest absolute Gasteiger partial charge is 0.319 e. The number of carbonyl (C=O) groups is 1. The lowest BCUT2D eigenvalue weighted by Gasteiger charge is -2.23. The summed E-state index contributed by atoms with van der Waals surface area (Å²) in [7, 11) is 0. The van der Waals surface area contributed by atoms with Crippen molar-refractivity contribution >= 4 is 17.4 Å². The summed E-state index contributed by atoms with van der Waals surface area (Å²) in [6.07, 6.45) is 4.81. The van der Waals surface area contributed by atoms with E-state index in [1.165, 1.54) is 31.2 Å². The van der Waals surface area contributed by atoms with Crippen LogP contribution >= 0.6 is 0 Å². The molecule has 1 saturated carbocycles. The van der Waals surface area contributed by atoms with Crippen LogP contribution in [-0.2, 0) is 0 Å². The van der Waals surface area contributed by atoms with Gasteiger partial charge in [0.15, 0.2) is 0 Å². The Balaban J connectivity index is 1.47. The molecule has 0 aromatic heterocycles. The predicted octanol–water partition coefficient (Wildman–Crippen LogP) is 4.56. The molecule has 25 heavy (non-hydrogen) atoms. The molecule has 0 bridgehead atoms. The van der Waals surface area contributed by atoms with Gasteiger partial charge in [-0.25, -0.2) is 4.79 Å². The number of urea groups is 1. The van der Waals surface area contributed by atoms with Crippen LogP contribution < -0.4 is 15.5 Å². The van der Waals surface area contributed by atoms with Crippen molar-refractivity contribution in [2.45, 2.75) is 31.7 Å². The van der Waals surface area contributed by atoms with Gasteiger partial charge in [0.2, 0.25) is 0 Å². The van der Waals surface area contributed by atoms with Gasteiger partial charge < -0.3 is 15.5 Å². The average molecular weight is 335 g/mol. The zero-order valence-electron chi connectivity index (χ0n) is 14.4. The molecule has 2 aromatic rings. The van der Waals surface area contributed by atoms with Gasteiger partial charge in [0.05, 0.1) is 17.4 Å². The first-order valence-electron chi connectivity index (χ1n) is 9.28. The minimum atomic E-state index is -0.118. The van der Waals surface area contributed by atoms with E-state index in [4.69, 9.17) is 0 Å². The number of nitrogens with one attached hydrogen (secondary N) is 2. The van der Waals surface area contributed by atoms with Crippen LogP contribution in [-0.4, -0.2) is 19.1 Å². The fraction of sp³-hybridized carbons (Fsp3) is 0.381. The molecule has 2 N–H and O–H groups in total. The molecule has 1 heterocycles. The van der Waals surface area contributed by atoms with Gasteiger partial charge in [-0.05, 0) is 49.3 Å². The molecular weight excluding hydrogens is 310 g/mol. The zero-order chi connectivity index (χ0) is 17.1. The minimum Gasteiger partial charge on any atom is -0.370 e. The van der Waals surface area contributed by atoms with Gasteiger partial charge in [0, 0.05) is 13.1 Å². The van der Waals surface area contributed by atoms with E-state index in [1.54, 1.807) is 0 Å². The van der Waals surface area contributed by atoms with Gasteiger partial charge in [0.25, 0.3) is 0 Å². The summed E-state index contributed by atoms with van der Waals surface area (Å²) in [6, 6.07) is 18.4. The third-order valence-electron chi connectivity index (χ3n) is 5.14. The molecule has 1 unspecified atom stereocenters. The molecule has 2 fully saturated rings. The molecule has 4 rings (SSSR count). The van der Waals surface area contributed by atoms with Crippen molar-refractivity contribution in [1.82, 2.24) is 5.32 Å². The van der Waals surface area contributed by atoms with Crippen LogP contribution in [0.4, 0.5) is 16.2 Å². The number of hydrogen-bond acceptors (Lipinski definition) is 2. The van der Waals surface area contributed by atoms with Gasteiger partial charge in [0.1, 0.15) is 0 Å². The van der Waals surface area contributed by atoms with E-state index >= 15 is 0 Å². The van der Waals surface area contributed by atoms with E-state index in [1.807, 2.05) is 36.4 Å². The van der Waals surface area contributed by atoms with Crippen molar-refractivity contribution in [2.24, 2.45) is 5.92 Å². The molecule has 0 radical (unpaired) electrons. The third-order valence-corrected chi connectivity index (χ3v) is 5.14. The second-order valence-electron chi connectivity index (χ2n) is 7.04. The number of anilines is 2. The molecule has 1 saturated heterocycles. The van der Waals surface area contributed by atoms with Crippen molar-refractivity contribution in [2.75, 3.05) is 23.3 Å². The van der Waals surface area contributed by atoms with Crippen LogP contribution in [0.5, 0.6) is 0 Å². The SMILES string of the molecule is O=C(Nc1ccccc1N1CCCC1)NC(c1ccccc1)C1CC1. The molecule has 4 heteroatoms. The summed E-state index contributed by atoms with van der Waals surface area (Å²) in [5, 5.41) is 6.27. The standard InChI is InChI=1S/C21H25N3O/c25-21(23-20(17-12-13-17)16-8-2-1-3-9-16)22-18-10-4-5-11-19(18)24-14-6-7-15-24/h1-5,8-11,17,20H,6-7,12-15H2,(H2,22,23,25). The Morgan fingerprint density at radius 1 is 0.960 bits per heavy atom. The number of nitrogens with zero attached hydrogens (tertiary/aromatic N) is 1. The Kier molecular flexibility index (Phi) is 4.59. The van der Waals surface area contributed by atoms with Crippen LogP contribution in [0.1, 0.15) is 37.3 Å². The minimum absolute atomic E-state index is 0.0974. The Labute approximate surface area is 149 Å². The van der Waals surface area contributed by atoms with Crippen molar-refractivity contribution in [1.29, 1.82) is 0 Å². The maximum Gasteiger partial charge on any atom is 0.319 e. The first-order valence-corrected chi connectivity index (χ1v) is 9.28. The fourth-order valence-electron chi connectivity index (χ4n) is 3.68. The summed E-state index contributed by atoms with van der Waals surface area (Å²) in [5.74, 6) is 0.557. The summed E-state index contributed by atoms with van der Waals surface area (Å²) in [5.41, 5.74) is 3.20. The normalized spacial score (nSPS) is 18.0. The van der Waals surface area contributed by atoms with Gasteiger partial charge in [-0.3, -0.25) is 0 Å². The highest BCUT2D eigenvalue weighted by Gasteiger charge is 2.33. The number of benzene rings is 2. The van der Waals surface area contributed by atoms with Crippen LogP contribution in [0.15, 0.2) is 54.6 Å². The number of amides is 2. The highest BCUT2D eigenvalue weighted by atomic mass is 16.2. The van der Waals surface area contributed by atoms with Crippen LogP contribution in [0.25, 0.3) is 0 Å². The van der Waals surface area contributed by atoms with Crippen molar-refractivity contribution in [3.05, 3.63) is 60.2 Å². The summed E-state index contributed by atoms with van der Waals surface area (Å²) >= 11 is 0. The van der Waals surface area contributed by atoms with E-state index in [0.29, 0.717) is 5.92 Å². The molecule has 130 valence electrons. The first kappa shape index (κ1) is 16.0. The highest BCUT2D eigenvalue weighted by molar-refractivity contribution is 5.93. The Morgan fingerprint density at radius 3 is 2.36 bits per heavy atom. The topological polar surface area (TPSA) is 44.4 Å². The third kappa shape index (κ3) is 3.78. The maximum atomic E-state index is 12.7. The molecular formula is C21H25N3O. The predicted molar refractivity (Wildman–Crippen MR) is 102 cm³/mol. The molecule has 2 amide bonds. The average Bonchev–Trinajstić information content (AvgIpc) is 3.34. The number of hydrogen-bond donors (Lipinski definition) is 2. The molecule has 1 atom stereocenters. The molecule has 2 aromatic carbocycles. The maximum absolute atomic E-state index is 12.7. The van der Waals surface area contributed by atoms with Crippen molar-refractivity contribution in [3.8, 4) is 0 Å². The second kappa shape index (κ2) is 7.18. The number of rotatable bonds is 5. The summed E-state index contributed by atoms with van der Waals surface area (Å²) in [4.78, 5) is 15.0. The fourth-order valence-corrected chi connectivity index (χ4v) is 3.68. The Bertz CT molecular complexity index is 721. The highest BCUT2D eigenvalue weighted by Crippen LogP contribution is 2.41. The van der Waals surface area contributed by atoms with E-state index in [9.17, 15) is 4.79 Å². The van der Waals surface area contributed by atoms with Crippen molar-refractivity contribution in [3.63, 3.8) is 0 Å². The molecule has 1 aliphatic heterocycles. The van der Waals surface area contributed by atoms with Gasteiger partial charge in [-0.15, -0.1) is 0 Å². The van der Waals surface area contributed by atoms with E-state index in [2.05, 4.69) is 33.7 Å². The Hall–Kier alpha value is -2.49. The van der Waals surface area contributed by atoms with Gasteiger partial charge in [-0.2, -0.15) is 0 Å².